The third-order valence-electron chi connectivity index (χ3n) is 4.31. The summed E-state index contributed by atoms with van der Waals surface area (Å²) >= 11 is 0. The molecule has 0 aliphatic heterocycles. The van der Waals surface area contributed by atoms with Crippen molar-refractivity contribution in [1.82, 2.24) is 5.32 Å². The number of carbonyl (C=O) groups is 1. The molecule has 0 fully saturated rings. The molecule has 9 heteroatoms. The van der Waals surface area contributed by atoms with E-state index in [1.54, 1.807) is 50.4 Å². The Morgan fingerprint density at radius 1 is 1.03 bits per heavy atom. The van der Waals surface area contributed by atoms with E-state index < -0.39 is 15.9 Å². The van der Waals surface area contributed by atoms with Gasteiger partial charge in [0.1, 0.15) is 12.3 Å². The molecule has 0 aliphatic carbocycles. The van der Waals surface area contributed by atoms with Crippen molar-refractivity contribution in [3.63, 3.8) is 0 Å². The summed E-state index contributed by atoms with van der Waals surface area (Å²) < 4.78 is 41.2. The Balaban J connectivity index is 2.18. The van der Waals surface area contributed by atoms with Crippen LogP contribution in [0.25, 0.3) is 0 Å². The normalized spacial score (nSPS) is 12.0. The van der Waals surface area contributed by atoms with Crippen LogP contribution in [0.2, 0.25) is 0 Å². The van der Waals surface area contributed by atoms with Crippen LogP contribution < -0.4 is 23.8 Å². The van der Waals surface area contributed by atoms with E-state index in [1.165, 1.54) is 14.2 Å². The van der Waals surface area contributed by atoms with Gasteiger partial charge >= 0.3 is 0 Å². The van der Waals surface area contributed by atoms with Crippen LogP contribution in [0, 0.1) is 0 Å². The van der Waals surface area contributed by atoms with Crippen LogP contribution in [0.4, 0.5) is 5.69 Å². The summed E-state index contributed by atoms with van der Waals surface area (Å²) in [6, 6.07) is 11.5. The average Bonchev–Trinajstić information content (AvgIpc) is 2.70. The van der Waals surface area contributed by atoms with Crippen LogP contribution in [0.15, 0.2) is 42.5 Å². The standard InChI is InChI=1S/C20H26N2O6S/c1-14(15-9-10-18(27-3)19(11-15)28-4)21-20(23)13-22(29(5,24)25)16-7-6-8-17(12-16)26-2/h6-12,14H,13H2,1-5H3,(H,21,23)/t14-/m1/s1. The van der Waals surface area contributed by atoms with Crippen molar-refractivity contribution < 1.29 is 27.4 Å². The minimum Gasteiger partial charge on any atom is -0.497 e. The molecule has 158 valence electrons. The van der Waals surface area contributed by atoms with Crippen molar-refractivity contribution in [3.05, 3.63) is 48.0 Å². The van der Waals surface area contributed by atoms with Gasteiger partial charge in [-0.3, -0.25) is 9.10 Å². The molecule has 29 heavy (non-hydrogen) atoms. The van der Waals surface area contributed by atoms with Crippen LogP contribution >= 0.6 is 0 Å². The van der Waals surface area contributed by atoms with Gasteiger partial charge in [0.05, 0.1) is 39.3 Å². The molecule has 2 rings (SSSR count). The van der Waals surface area contributed by atoms with Crippen molar-refractivity contribution in [3.8, 4) is 17.2 Å². The lowest BCUT2D eigenvalue weighted by Crippen LogP contribution is -2.41. The monoisotopic (exact) mass is 422 g/mol. The average molecular weight is 423 g/mol. The smallest absolute Gasteiger partial charge is 0.241 e. The van der Waals surface area contributed by atoms with E-state index >= 15 is 0 Å². The SMILES string of the molecule is COc1cccc(N(CC(=O)N[C@H](C)c2ccc(OC)c(OC)c2)S(C)(=O)=O)c1. The molecule has 0 bridgehead atoms. The van der Waals surface area contributed by atoms with Gasteiger partial charge < -0.3 is 19.5 Å². The number of anilines is 1. The van der Waals surface area contributed by atoms with Crippen LogP contribution in [-0.4, -0.2) is 48.5 Å². The van der Waals surface area contributed by atoms with Crippen molar-refractivity contribution in [2.45, 2.75) is 13.0 Å². The molecule has 2 aromatic carbocycles. The van der Waals surface area contributed by atoms with Crippen molar-refractivity contribution in [2.24, 2.45) is 0 Å². The molecule has 0 aliphatic rings. The topological polar surface area (TPSA) is 94.2 Å². The van der Waals surface area contributed by atoms with Gasteiger partial charge in [-0.05, 0) is 36.8 Å². The summed E-state index contributed by atoms with van der Waals surface area (Å²) in [5, 5.41) is 2.81. The predicted molar refractivity (Wildman–Crippen MR) is 111 cm³/mol. The van der Waals surface area contributed by atoms with Crippen molar-refractivity contribution in [1.29, 1.82) is 0 Å². The highest BCUT2D eigenvalue weighted by atomic mass is 32.2. The van der Waals surface area contributed by atoms with Gasteiger partial charge in [0.15, 0.2) is 11.5 Å². The molecule has 1 atom stereocenters. The number of hydrogen-bond acceptors (Lipinski definition) is 6. The Hall–Kier alpha value is -2.94. The molecule has 0 radical (unpaired) electrons. The summed E-state index contributed by atoms with van der Waals surface area (Å²) in [6.07, 6.45) is 1.05. The van der Waals surface area contributed by atoms with Crippen molar-refractivity contribution in [2.75, 3.05) is 38.4 Å². The van der Waals surface area contributed by atoms with Gasteiger partial charge in [-0.15, -0.1) is 0 Å². The molecule has 0 unspecified atom stereocenters. The first-order chi connectivity index (χ1) is 13.7. The lowest BCUT2D eigenvalue weighted by Gasteiger charge is -2.24. The largest absolute Gasteiger partial charge is 0.497 e. The first kappa shape index (κ1) is 22.4. The number of nitrogens with zero attached hydrogens (tertiary/aromatic N) is 1. The maximum atomic E-state index is 12.6. The molecular weight excluding hydrogens is 396 g/mol. The number of carbonyl (C=O) groups excluding carboxylic acids is 1. The molecule has 0 spiro atoms. The zero-order chi connectivity index (χ0) is 21.6. The van der Waals surface area contributed by atoms with Gasteiger partial charge in [0, 0.05) is 6.07 Å². The minimum absolute atomic E-state index is 0.348. The Kier molecular flexibility index (Phi) is 7.33. The number of amides is 1. The molecule has 0 aromatic heterocycles. The maximum Gasteiger partial charge on any atom is 0.241 e. The highest BCUT2D eigenvalue weighted by Gasteiger charge is 2.22. The first-order valence-corrected chi connectivity index (χ1v) is 10.7. The molecule has 2 aromatic rings. The fourth-order valence-corrected chi connectivity index (χ4v) is 3.64. The molecule has 1 N–H and O–H groups in total. The second-order valence-corrected chi connectivity index (χ2v) is 8.28. The lowest BCUT2D eigenvalue weighted by molar-refractivity contribution is -0.120. The summed E-state index contributed by atoms with van der Waals surface area (Å²) in [5.74, 6) is 1.17. The Morgan fingerprint density at radius 2 is 1.72 bits per heavy atom. The summed E-state index contributed by atoms with van der Waals surface area (Å²) in [4.78, 5) is 12.6. The summed E-state index contributed by atoms with van der Waals surface area (Å²) in [6.45, 7) is 1.44. The fraction of sp³-hybridized carbons (Fsp3) is 0.350. The Labute approximate surface area is 171 Å². The third kappa shape index (κ3) is 5.77. The van der Waals surface area contributed by atoms with E-state index in [0.717, 1.165) is 16.1 Å². The van der Waals surface area contributed by atoms with Gasteiger partial charge in [-0.25, -0.2) is 8.42 Å². The number of ether oxygens (including phenoxy) is 3. The number of nitrogens with one attached hydrogen (secondary N) is 1. The van der Waals surface area contributed by atoms with Gasteiger partial charge in [-0.1, -0.05) is 12.1 Å². The summed E-state index contributed by atoms with van der Waals surface area (Å²) in [5.41, 5.74) is 1.14. The second kappa shape index (κ2) is 9.51. The minimum atomic E-state index is -3.68. The van der Waals surface area contributed by atoms with Gasteiger partial charge in [0.25, 0.3) is 0 Å². The van der Waals surface area contributed by atoms with Crippen LogP contribution in [0.5, 0.6) is 17.2 Å². The quantitative estimate of drug-likeness (QED) is 0.667. The van der Waals surface area contributed by atoms with E-state index in [4.69, 9.17) is 14.2 Å². The van der Waals surface area contributed by atoms with E-state index in [9.17, 15) is 13.2 Å². The number of rotatable bonds is 9. The maximum absolute atomic E-state index is 12.6. The van der Waals surface area contributed by atoms with E-state index in [1.807, 2.05) is 6.07 Å². The Bertz CT molecular complexity index is 961. The van der Waals surface area contributed by atoms with Crippen LogP contribution in [0.3, 0.4) is 0 Å². The molecular formula is C20H26N2O6S. The lowest BCUT2D eigenvalue weighted by atomic mass is 10.1. The number of benzene rings is 2. The summed E-state index contributed by atoms with van der Waals surface area (Å²) in [7, 11) is 0.883. The van der Waals surface area contributed by atoms with E-state index in [0.29, 0.717) is 22.9 Å². The molecule has 0 heterocycles. The second-order valence-electron chi connectivity index (χ2n) is 6.37. The predicted octanol–water partition coefficient (Wildman–Crippen LogP) is 2.36. The zero-order valence-electron chi connectivity index (χ0n) is 17.1. The van der Waals surface area contributed by atoms with Crippen molar-refractivity contribution >= 4 is 21.6 Å². The van der Waals surface area contributed by atoms with Crippen LogP contribution in [-0.2, 0) is 14.8 Å². The van der Waals surface area contributed by atoms with E-state index in [2.05, 4.69) is 5.32 Å². The highest BCUT2D eigenvalue weighted by Crippen LogP contribution is 2.30. The molecule has 1 amide bonds. The molecule has 0 saturated carbocycles. The van der Waals surface area contributed by atoms with Gasteiger partial charge in [-0.2, -0.15) is 0 Å². The molecule has 8 nitrogen and oxygen atoms in total. The Morgan fingerprint density at radius 3 is 2.31 bits per heavy atom. The van der Waals surface area contributed by atoms with Crippen LogP contribution in [0.1, 0.15) is 18.5 Å². The number of sulfonamides is 1. The number of methoxy groups -OCH3 is 3. The number of hydrogen-bond donors (Lipinski definition) is 1. The fourth-order valence-electron chi connectivity index (χ4n) is 2.79. The zero-order valence-corrected chi connectivity index (χ0v) is 17.9. The van der Waals surface area contributed by atoms with Gasteiger partial charge in [0.2, 0.25) is 15.9 Å². The third-order valence-corrected chi connectivity index (χ3v) is 5.45. The highest BCUT2D eigenvalue weighted by molar-refractivity contribution is 7.92. The first-order valence-electron chi connectivity index (χ1n) is 8.82. The molecule has 0 saturated heterocycles. The van der Waals surface area contributed by atoms with E-state index in [-0.39, 0.29) is 12.6 Å².